The lowest BCUT2D eigenvalue weighted by molar-refractivity contribution is -0.121. The average molecular weight is 478 g/mol. The van der Waals surface area contributed by atoms with Crippen molar-refractivity contribution < 1.29 is 18.0 Å². The van der Waals surface area contributed by atoms with Crippen LogP contribution in [0.15, 0.2) is 34.0 Å². The molecule has 10 nitrogen and oxygen atoms in total. The number of hydrogen-bond acceptors (Lipinski definition) is 7. The quantitative estimate of drug-likeness (QED) is 0.456. The van der Waals surface area contributed by atoms with E-state index in [0.29, 0.717) is 16.0 Å². The molecule has 0 saturated heterocycles. The van der Waals surface area contributed by atoms with E-state index >= 15 is 0 Å². The number of rotatable bonds is 6. The molecular formula is C20H23N5O5S2. The molecule has 0 bridgehead atoms. The van der Waals surface area contributed by atoms with Crippen molar-refractivity contribution in [1.29, 1.82) is 0 Å². The van der Waals surface area contributed by atoms with E-state index in [9.17, 15) is 22.8 Å². The summed E-state index contributed by atoms with van der Waals surface area (Å²) in [6.45, 7) is 3.79. The number of carbonyl (C=O) groups is 2. The summed E-state index contributed by atoms with van der Waals surface area (Å²) in [6, 6.07) is 5.49. The normalized spacial score (nSPS) is 11.7. The molecule has 32 heavy (non-hydrogen) atoms. The van der Waals surface area contributed by atoms with Crippen molar-refractivity contribution in [3.63, 3.8) is 0 Å². The minimum atomic E-state index is -3.69. The highest BCUT2D eigenvalue weighted by Crippen LogP contribution is 2.25. The number of hydrazine groups is 1. The Morgan fingerprint density at radius 3 is 2.59 bits per heavy atom. The van der Waals surface area contributed by atoms with Crippen LogP contribution in [-0.2, 0) is 21.2 Å². The van der Waals surface area contributed by atoms with Gasteiger partial charge in [0.2, 0.25) is 15.9 Å². The highest BCUT2D eigenvalue weighted by atomic mass is 32.2. The summed E-state index contributed by atoms with van der Waals surface area (Å²) in [6.07, 6.45) is 0.159. The molecule has 0 aliphatic carbocycles. The van der Waals surface area contributed by atoms with Crippen molar-refractivity contribution in [3.05, 3.63) is 56.4 Å². The third kappa shape index (κ3) is 4.87. The maximum atomic E-state index is 12.3. The number of hydrogen-bond donors (Lipinski definition) is 3. The fraction of sp³-hybridized carbons (Fsp3) is 0.300. The van der Waals surface area contributed by atoms with Gasteiger partial charge in [0.1, 0.15) is 10.7 Å². The highest BCUT2D eigenvalue weighted by molar-refractivity contribution is 7.89. The number of aromatic nitrogens is 2. The Balaban J connectivity index is 1.60. The Hall–Kier alpha value is -3.09. The summed E-state index contributed by atoms with van der Waals surface area (Å²) in [5.74, 6) is -0.768. The largest absolute Gasteiger partial charge is 0.310 e. The second kappa shape index (κ2) is 9.18. The van der Waals surface area contributed by atoms with Crippen LogP contribution < -0.4 is 16.4 Å². The first-order valence-corrected chi connectivity index (χ1v) is 11.9. The van der Waals surface area contributed by atoms with E-state index in [1.54, 1.807) is 0 Å². The van der Waals surface area contributed by atoms with Gasteiger partial charge in [-0.3, -0.25) is 25.2 Å². The van der Waals surface area contributed by atoms with Gasteiger partial charge in [-0.05, 0) is 37.6 Å². The van der Waals surface area contributed by atoms with Crippen molar-refractivity contribution >= 4 is 43.4 Å². The van der Waals surface area contributed by atoms with Gasteiger partial charge in [-0.1, -0.05) is 6.07 Å². The fourth-order valence-corrected chi connectivity index (χ4v) is 4.92. The topological polar surface area (TPSA) is 141 Å². The maximum absolute atomic E-state index is 12.3. The van der Waals surface area contributed by atoms with Gasteiger partial charge in [-0.15, -0.1) is 11.3 Å². The Kier molecular flexibility index (Phi) is 6.77. The molecule has 1 aromatic carbocycles. The van der Waals surface area contributed by atoms with E-state index in [1.165, 1.54) is 49.7 Å². The molecule has 0 saturated carbocycles. The van der Waals surface area contributed by atoms with E-state index in [0.717, 1.165) is 14.7 Å². The maximum Gasteiger partial charge on any atom is 0.269 e. The third-order valence-electron chi connectivity index (χ3n) is 4.87. The predicted octanol–water partition coefficient (Wildman–Crippen LogP) is 1.25. The summed E-state index contributed by atoms with van der Waals surface area (Å²) in [5.41, 5.74) is 5.27. The zero-order valence-corrected chi connectivity index (χ0v) is 19.6. The van der Waals surface area contributed by atoms with Gasteiger partial charge in [-0.25, -0.2) is 17.7 Å². The summed E-state index contributed by atoms with van der Waals surface area (Å²) < 4.78 is 25.5. The first-order valence-electron chi connectivity index (χ1n) is 9.61. The van der Waals surface area contributed by atoms with Crippen molar-refractivity contribution in [2.24, 2.45) is 0 Å². The number of benzene rings is 1. The lowest BCUT2D eigenvalue weighted by Crippen LogP contribution is -2.41. The van der Waals surface area contributed by atoms with Crippen LogP contribution in [0.5, 0.6) is 0 Å². The zero-order valence-electron chi connectivity index (χ0n) is 18.0. The minimum Gasteiger partial charge on any atom is -0.310 e. The minimum absolute atomic E-state index is 0.0207. The van der Waals surface area contributed by atoms with Gasteiger partial charge in [-0.2, -0.15) is 0 Å². The molecule has 0 fully saturated rings. The number of nitrogens with zero attached hydrogens (tertiary/aromatic N) is 2. The smallest absolute Gasteiger partial charge is 0.269 e. The molecule has 0 unspecified atom stereocenters. The molecule has 2 aromatic heterocycles. The summed E-state index contributed by atoms with van der Waals surface area (Å²) in [7, 11) is -0.910. The Morgan fingerprint density at radius 2 is 1.91 bits per heavy atom. The van der Waals surface area contributed by atoms with Crippen LogP contribution in [-0.4, -0.2) is 48.6 Å². The van der Waals surface area contributed by atoms with E-state index in [1.807, 2.05) is 13.8 Å². The number of fused-ring (bicyclic) bond motifs is 1. The van der Waals surface area contributed by atoms with Gasteiger partial charge in [0.25, 0.3) is 11.5 Å². The van der Waals surface area contributed by atoms with Crippen LogP contribution in [0.1, 0.15) is 33.0 Å². The van der Waals surface area contributed by atoms with Crippen molar-refractivity contribution in [1.82, 2.24) is 25.1 Å². The number of aromatic amines is 1. The van der Waals surface area contributed by atoms with Crippen LogP contribution in [0.3, 0.4) is 0 Å². The average Bonchev–Trinajstić information content (AvgIpc) is 3.04. The Morgan fingerprint density at radius 1 is 1.19 bits per heavy atom. The number of amides is 2. The van der Waals surface area contributed by atoms with Crippen molar-refractivity contribution in [2.75, 3.05) is 14.1 Å². The molecular weight excluding hydrogens is 454 g/mol. The lowest BCUT2D eigenvalue weighted by atomic mass is 10.2. The number of carbonyl (C=O) groups excluding carboxylic acids is 2. The number of nitrogens with one attached hydrogen (secondary N) is 3. The highest BCUT2D eigenvalue weighted by Gasteiger charge is 2.19. The molecule has 2 amide bonds. The second-order valence-corrected chi connectivity index (χ2v) is 10.6. The summed E-state index contributed by atoms with van der Waals surface area (Å²) >= 11 is 1.42. The molecule has 12 heteroatoms. The lowest BCUT2D eigenvalue weighted by Gasteiger charge is -2.12. The van der Waals surface area contributed by atoms with E-state index < -0.39 is 21.8 Å². The van der Waals surface area contributed by atoms with Crippen LogP contribution in [0, 0.1) is 13.8 Å². The molecule has 0 aliphatic rings. The number of thiophene rings is 1. The number of H-pyrrole nitrogens is 1. The second-order valence-electron chi connectivity index (χ2n) is 7.29. The predicted molar refractivity (Wildman–Crippen MR) is 121 cm³/mol. The molecule has 0 radical (unpaired) electrons. The molecule has 170 valence electrons. The molecule has 3 N–H and O–H groups in total. The van der Waals surface area contributed by atoms with Gasteiger partial charge in [0.15, 0.2) is 0 Å². The first kappa shape index (κ1) is 23.6. The number of sulfonamides is 1. The van der Waals surface area contributed by atoms with Crippen LogP contribution >= 0.6 is 11.3 Å². The molecule has 0 spiro atoms. The van der Waals surface area contributed by atoms with Crippen LogP contribution in [0.4, 0.5) is 0 Å². The first-order chi connectivity index (χ1) is 15.0. The van der Waals surface area contributed by atoms with Crippen molar-refractivity contribution in [3.8, 4) is 0 Å². The molecule has 2 heterocycles. The molecule has 3 aromatic rings. The van der Waals surface area contributed by atoms with Gasteiger partial charge >= 0.3 is 0 Å². The molecule has 0 atom stereocenters. The van der Waals surface area contributed by atoms with E-state index in [-0.39, 0.29) is 28.9 Å². The summed E-state index contributed by atoms with van der Waals surface area (Å²) in [4.78, 5) is 45.4. The standard InChI is InChI=1S/C20H23N5O5S2/c1-11-12(2)31-20-17(11)19(28)21-15(22-20)8-9-16(26)23-24-18(27)13-6-5-7-14(10-13)32(29,30)25(3)4/h5-7,10H,8-9H2,1-4H3,(H,23,26)(H,24,27)(H,21,22,28). The monoisotopic (exact) mass is 477 g/mol. The van der Waals surface area contributed by atoms with Gasteiger partial charge < -0.3 is 4.98 Å². The number of aryl methyl sites for hydroxylation is 3. The van der Waals surface area contributed by atoms with Gasteiger partial charge in [0, 0.05) is 37.4 Å². The zero-order chi connectivity index (χ0) is 23.6. The fourth-order valence-electron chi connectivity index (χ4n) is 2.92. The Bertz CT molecular complexity index is 1360. The van der Waals surface area contributed by atoms with E-state index in [2.05, 4.69) is 20.8 Å². The van der Waals surface area contributed by atoms with E-state index in [4.69, 9.17) is 0 Å². The molecule has 0 aliphatic heterocycles. The Labute approximate surface area is 188 Å². The van der Waals surface area contributed by atoms with Crippen molar-refractivity contribution in [2.45, 2.75) is 31.6 Å². The SMILES string of the molecule is Cc1sc2nc(CCC(=O)NNC(=O)c3cccc(S(=O)(=O)N(C)C)c3)[nH]c(=O)c2c1C. The third-order valence-corrected chi connectivity index (χ3v) is 7.78. The summed E-state index contributed by atoms with van der Waals surface area (Å²) in [5, 5.41) is 0.562. The van der Waals surface area contributed by atoms with Gasteiger partial charge in [0.05, 0.1) is 10.3 Å². The van der Waals surface area contributed by atoms with Crippen LogP contribution in [0.2, 0.25) is 0 Å². The van der Waals surface area contributed by atoms with Crippen LogP contribution in [0.25, 0.3) is 10.2 Å². The molecule has 3 rings (SSSR count).